The van der Waals surface area contributed by atoms with Crippen molar-refractivity contribution in [1.82, 2.24) is 5.32 Å². The van der Waals surface area contributed by atoms with Gasteiger partial charge in [-0.2, -0.15) is 0 Å². The summed E-state index contributed by atoms with van der Waals surface area (Å²) in [5, 5.41) is 3.74. The highest BCUT2D eigenvalue weighted by Gasteiger charge is 2.07. The Morgan fingerprint density at radius 2 is 1.95 bits per heavy atom. The standard InChI is InChI=1S/C16H15Cl2NO2/c1-11-4-2-3-5-12(11)9-19-16(20)10-21-15-8-13(17)6-7-14(15)18/h2-8H,9-10H2,1H3,(H,19,20). The van der Waals surface area contributed by atoms with E-state index in [1.54, 1.807) is 18.2 Å². The first kappa shape index (κ1) is 15.7. The van der Waals surface area contributed by atoms with Crippen LogP contribution >= 0.6 is 23.2 Å². The van der Waals surface area contributed by atoms with E-state index in [4.69, 9.17) is 27.9 Å². The maximum absolute atomic E-state index is 11.8. The highest BCUT2D eigenvalue weighted by molar-refractivity contribution is 6.34. The Kier molecular flexibility index (Phi) is 5.48. The molecule has 2 rings (SSSR count). The quantitative estimate of drug-likeness (QED) is 0.903. The smallest absolute Gasteiger partial charge is 0.258 e. The number of hydrogen-bond acceptors (Lipinski definition) is 2. The lowest BCUT2D eigenvalue weighted by Gasteiger charge is -2.10. The van der Waals surface area contributed by atoms with Crippen LogP contribution in [-0.4, -0.2) is 12.5 Å². The predicted octanol–water partition coefficient (Wildman–Crippen LogP) is 4.00. The van der Waals surface area contributed by atoms with E-state index in [0.29, 0.717) is 22.3 Å². The second-order valence-corrected chi connectivity index (χ2v) is 5.41. The third-order valence-electron chi connectivity index (χ3n) is 2.99. The molecule has 0 saturated carbocycles. The summed E-state index contributed by atoms with van der Waals surface area (Å²) < 4.78 is 5.37. The summed E-state index contributed by atoms with van der Waals surface area (Å²) in [4.78, 5) is 11.8. The van der Waals surface area contributed by atoms with Gasteiger partial charge < -0.3 is 10.1 Å². The van der Waals surface area contributed by atoms with Crippen LogP contribution in [0.2, 0.25) is 10.0 Å². The average Bonchev–Trinajstić information content (AvgIpc) is 2.47. The average molecular weight is 324 g/mol. The number of aryl methyl sites for hydroxylation is 1. The van der Waals surface area contributed by atoms with E-state index in [0.717, 1.165) is 11.1 Å². The van der Waals surface area contributed by atoms with Crippen molar-refractivity contribution in [3.63, 3.8) is 0 Å². The molecule has 21 heavy (non-hydrogen) atoms. The van der Waals surface area contributed by atoms with Crippen LogP contribution in [-0.2, 0) is 11.3 Å². The first-order valence-electron chi connectivity index (χ1n) is 6.45. The fraction of sp³-hybridized carbons (Fsp3) is 0.188. The molecule has 0 unspecified atom stereocenters. The zero-order valence-electron chi connectivity index (χ0n) is 11.5. The molecule has 0 atom stereocenters. The van der Waals surface area contributed by atoms with Gasteiger partial charge in [0.2, 0.25) is 0 Å². The molecule has 0 radical (unpaired) electrons. The Balaban J connectivity index is 1.85. The SMILES string of the molecule is Cc1ccccc1CNC(=O)COc1cc(Cl)ccc1Cl. The van der Waals surface area contributed by atoms with Crippen LogP contribution < -0.4 is 10.1 Å². The number of amides is 1. The molecule has 0 bridgehead atoms. The molecule has 2 aromatic carbocycles. The summed E-state index contributed by atoms with van der Waals surface area (Å²) in [5.41, 5.74) is 2.21. The zero-order valence-corrected chi connectivity index (χ0v) is 13.0. The van der Waals surface area contributed by atoms with E-state index in [1.165, 1.54) is 0 Å². The summed E-state index contributed by atoms with van der Waals surface area (Å²) in [6.45, 7) is 2.37. The molecule has 3 nitrogen and oxygen atoms in total. The summed E-state index contributed by atoms with van der Waals surface area (Å²) in [6, 6.07) is 12.8. The van der Waals surface area contributed by atoms with E-state index in [1.807, 2.05) is 31.2 Å². The summed E-state index contributed by atoms with van der Waals surface area (Å²) in [5.74, 6) is 0.185. The largest absolute Gasteiger partial charge is 0.482 e. The van der Waals surface area contributed by atoms with Gasteiger partial charge in [0.05, 0.1) is 5.02 Å². The van der Waals surface area contributed by atoms with Crippen molar-refractivity contribution in [2.45, 2.75) is 13.5 Å². The van der Waals surface area contributed by atoms with Gasteiger partial charge in [-0.05, 0) is 30.2 Å². The number of nitrogens with one attached hydrogen (secondary N) is 1. The molecular weight excluding hydrogens is 309 g/mol. The molecular formula is C16H15Cl2NO2. The normalized spacial score (nSPS) is 10.2. The summed E-state index contributed by atoms with van der Waals surface area (Å²) >= 11 is 11.8. The van der Waals surface area contributed by atoms with Gasteiger partial charge in [0.25, 0.3) is 5.91 Å². The van der Waals surface area contributed by atoms with Crippen molar-refractivity contribution in [3.05, 3.63) is 63.6 Å². The lowest BCUT2D eigenvalue weighted by Crippen LogP contribution is -2.28. The fourth-order valence-electron chi connectivity index (χ4n) is 1.78. The minimum atomic E-state index is -0.214. The molecule has 5 heteroatoms. The zero-order chi connectivity index (χ0) is 15.2. The first-order chi connectivity index (χ1) is 10.1. The van der Waals surface area contributed by atoms with Crippen molar-refractivity contribution in [3.8, 4) is 5.75 Å². The van der Waals surface area contributed by atoms with Gasteiger partial charge >= 0.3 is 0 Å². The monoisotopic (exact) mass is 323 g/mol. The van der Waals surface area contributed by atoms with Crippen molar-refractivity contribution in [2.24, 2.45) is 0 Å². The Labute approximate surface area is 133 Å². The van der Waals surface area contributed by atoms with Crippen molar-refractivity contribution >= 4 is 29.1 Å². The Morgan fingerprint density at radius 3 is 2.71 bits per heavy atom. The van der Waals surface area contributed by atoms with E-state index in [-0.39, 0.29) is 12.5 Å². The van der Waals surface area contributed by atoms with Gasteiger partial charge in [0.1, 0.15) is 5.75 Å². The Bertz CT molecular complexity index is 644. The maximum atomic E-state index is 11.8. The van der Waals surface area contributed by atoms with Crippen LogP contribution in [0.3, 0.4) is 0 Å². The molecule has 1 N–H and O–H groups in total. The highest BCUT2D eigenvalue weighted by atomic mass is 35.5. The van der Waals surface area contributed by atoms with Crippen LogP contribution in [0, 0.1) is 6.92 Å². The number of halogens is 2. The van der Waals surface area contributed by atoms with E-state index < -0.39 is 0 Å². The molecule has 0 heterocycles. The molecule has 0 saturated heterocycles. The fourth-order valence-corrected chi connectivity index (χ4v) is 2.12. The third-order valence-corrected chi connectivity index (χ3v) is 3.54. The number of carbonyl (C=O) groups excluding carboxylic acids is 1. The van der Waals surface area contributed by atoms with Crippen LogP contribution in [0.4, 0.5) is 0 Å². The lowest BCUT2D eigenvalue weighted by molar-refractivity contribution is -0.123. The number of hydrogen-bond donors (Lipinski definition) is 1. The van der Waals surface area contributed by atoms with E-state index in [2.05, 4.69) is 5.32 Å². The third kappa shape index (κ3) is 4.66. The molecule has 0 aliphatic heterocycles. The van der Waals surface area contributed by atoms with Crippen molar-refractivity contribution in [1.29, 1.82) is 0 Å². The molecule has 1 amide bonds. The summed E-state index contributed by atoms with van der Waals surface area (Å²) in [6.07, 6.45) is 0. The molecule has 2 aromatic rings. The van der Waals surface area contributed by atoms with Gasteiger partial charge in [0, 0.05) is 17.6 Å². The molecule has 110 valence electrons. The maximum Gasteiger partial charge on any atom is 0.258 e. The Morgan fingerprint density at radius 1 is 1.19 bits per heavy atom. The van der Waals surface area contributed by atoms with Gasteiger partial charge in [0.15, 0.2) is 6.61 Å². The highest BCUT2D eigenvalue weighted by Crippen LogP contribution is 2.27. The second-order valence-electron chi connectivity index (χ2n) is 4.57. The predicted molar refractivity (Wildman–Crippen MR) is 85.0 cm³/mol. The van der Waals surface area contributed by atoms with Crippen LogP contribution in [0.25, 0.3) is 0 Å². The minimum Gasteiger partial charge on any atom is -0.482 e. The summed E-state index contributed by atoms with van der Waals surface area (Å²) in [7, 11) is 0. The van der Waals surface area contributed by atoms with Gasteiger partial charge in [-0.1, -0.05) is 47.5 Å². The molecule has 0 aliphatic rings. The van der Waals surface area contributed by atoms with E-state index in [9.17, 15) is 4.79 Å². The second kappa shape index (κ2) is 7.34. The number of ether oxygens (including phenoxy) is 1. The van der Waals surface area contributed by atoms with Crippen molar-refractivity contribution in [2.75, 3.05) is 6.61 Å². The molecule has 0 spiro atoms. The van der Waals surface area contributed by atoms with Crippen LogP contribution in [0.1, 0.15) is 11.1 Å². The molecule has 0 fully saturated rings. The van der Waals surface area contributed by atoms with Gasteiger partial charge in [-0.3, -0.25) is 4.79 Å². The number of rotatable bonds is 5. The Hall–Kier alpha value is -1.71. The topological polar surface area (TPSA) is 38.3 Å². The lowest BCUT2D eigenvalue weighted by atomic mass is 10.1. The first-order valence-corrected chi connectivity index (χ1v) is 7.21. The number of benzene rings is 2. The molecule has 0 aromatic heterocycles. The minimum absolute atomic E-state index is 0.105. The van der Waals surface area contributed by atoms with Gasteiger partial charge in [-0.25, -0.2) is 0 Å². The van der Waals surface area contributed by atoms with Crippen molar-refractivity contribution < 1.29 is 9.53 Å². The van der Waals surface area contributed by atoms with E-state index >= 15 is 0 Å². The number of carbonyl (C=O) groups is 1. The molecule has 0 aliphatic carbocycles. The van der Waals surface area contributed by atoms with Crippen LogP contribution in [0.15, 0.2) is 42.5 Å². The van der Waals surface area contributed by atoms with Gasteiger partial charge in [-0.15, -0.1) is 0 Å². The van der Waals surface area contributed by atoms with Crippen LogP contribution in [0.5, 0.6) is 5.75 Å².